The maximum absolute atomic E-state index is 13.2. The number of halogens is 2. The van der Waals surface area contributed by atoms with Crippen LogP contribution in [-0.4, -0.2) is 17.5 Å². The molecule has 1 aliphatic heterocycles. The summed E-state index contributed by atoms with van der Waals surface area (Å²) in [6, 6.07) is 5.12. The maximum Gasteiger partial charge on any atom is 0.147 e. The first kappa shape index (κ1) is 9.16. The average molecular weight is 218 g/mol. The van der Waals surface area contributed by atoms with Crippen LogP contribution in [0.15, 0.2) is 18.2 Å². The van der Waals surface area contributed by atoms with Crippen molar-refractivity contribution in [2.45, 2.75) is 6.04 Å². The Bertz CT molecular complexity index is 314. The summed E-state index contributed by atoms with van der Waals surface area (Å²) in [7, 11) is 0. The predicted molar refractivity (Wildman–Crippen MR) is 56.1 cm³/mol. The molecule has 1 fully saturated rings. The molecule has 1 N–H and O–H groups in total. The third kappa shape index (κ3) is 2.09. The van der Waals surface area contributed by atoms with E-state index in [2.05, 4.69) is 5.32 Å². The molecular formula is C9H9ClFNS. The first-order chi connectivity index (χ1) is 6.25. The second-order valence-electron chi connectivity index (χ2n) is 3.00. The highest BCUT2D eigenvalue weighted by Gasteiger charge is 2.18. The van der Waals surface area contributed by atoms with Crippen molar-refractivity contribution in [2.24, 2.45) is 0 Å². The van der Waals surface area contributed by atoms with Crippen LogP contribution in [0.25, 0.3) is 0 Å². The third-order valence-electron chi connectivity index (χ3n) is 1.93. The van der Waals surface area contributed by atoms with Gasteiger partial charge in [0.05, 0.1) is 5.69 Å². The molecule has 0 spiro atoms. The van der Waals surface area contributed by atoms with Gasteiger partial charge >= 0.3 is 0 Å². The number of thioether (sulfide) groups is 1. The average Bonchev–Trinajstić information content (AvgIpc) is 1.99. The van der Waals surface area contributed by atoms with E-state index < -0.39 is 0 Å². The number of benzene rings is 1. The van der Waals surface area contributed by atoms with Gasteiger partial charge in [-0.2, -0.15) is 11.8 Å². The lowest BCUT2D eigenvalue weighted by Gasteiger charge is -2.27. The van der Waals surface area contributed by atoms with E-state index >= 15 is 0 Å². The van der Waals surface area contributed by atoms with Gasteiger partial charge < -0.3 is 5.32 Å². The van der Waals surface area contributed by atoms with Crippen LogP contribution in [-0.2, 0) is 0 Å². The zero-order valence-corrected chi connectivity index (χ0v) is 8.46. The smallest absolute Gasteiger partial charge is 0.147 e. The molecule has 13 heavy (non-hydrogen) atoms. The zero-order chi connectivity index (χ0) is 9.26. The minimum Gasteiger partial charge on any atom is -0.378 e. The molecule has 70 valence electrons. The van der Waals surface area contributed by atoms with Crippen molar-refractivity contribution >= 4 is 29.1 Å². The Morgan fingerprint density at radius 2 is 2.23 bits per heavy atom. The highest BCUT2D eigenvalue weighted by atomic mass is 35.5. The maximum atomic E-state index is 13.2. The summed E-state index contributed by atoms with van der Waals surface area (Å²) in [6.07, 6.45) is 0. The van der Waals surface area contributed by atoms with Crippen LogP contribution in [0, 0.1) is 5.82 Å². The van der Waals surface area contributed by atoms with Crippen molar-refractivity contribution in [2.75, 3.05) is 16.8 Å². The Balaban J connectivity index is 2.10. The van der Waals surface area contributed by atoms with Gasteiger partial charge in [0.1, 0.15) is 5.82 Å². The quantitative estimate of drug-likeness (QED) is 0.818. The van der Waals surface area contributed by atoms with Gasteiger partial charge in [0.25, 0.3) is 0 Å². The van der Waals surface area contributed by atoms with Gasteiger partial charge in [-0.3, -0.25) is 0 Å². The number of hydrogen-bond donors (Lipinski definition) is 1. The summed E-state index contributed by atoms with van der Waals surface area (Å²) in [4.78, 5) is 0. The Morgan fingerprint density at radius 1 is 1.46 bits per heavy atom. The minimum absolute atomic E-state index is 0.274. The summed E-state index contributed by atoms with van der Waals surface area (Å²) in [5.74, 6) is 1.84. The summed E-state index contributed by atoms with van der Waals surface area (Å²) in [5, 5.41) is 3.56. The van der Waals surface area contributed by atoms with E-state index in [0.717, 1.165) is 11.5 Å². The van der Waals surface area contributed by atoms with Gasteiger partial charge in [-0.15, -0.1) is 0 Å². The van der Waals surface area contributed by atoms with E-state index in [1.807, 2.05) is 11.8 Å². The molecule has 2 rings (SSSR count). The van der Waals surface area contributed by atoms with Crippen molar-refractivity contribution in [1.82, 2.24) is 0 Å². The molecule has 0 aromatic heterocycles. The Hall–Kier alpha value is -0.410. The summed E-state index contributed by atoms with van der Waals surface area (Å²) >= 11 is 7.49. The zero-order valence-electron chi connectivity index (χ0n) is 6.89. The molecule has 1 aromatic carbocycles. The van der Waals surface area contributed by atoms with Crippen LogP contribution in [0.5, 0.6) is 0 Å². The lowest BCUT2D eigenvalue weighted by Crippen LogP contribution is -2.33. The second-order valence-corrected chi connectivity index (χ2v) is 4.51. The van der Waals surface area contributed by atoms with Gasteiger partial charge in [0.2, 0.25) is 0 Å². The number of rotatable bonds is 2. The van der Waals surface area contributed by atoms with Crippen LogP contribution in [0.2, 0.25) is 5.02 Å². The molecule has 1 aliphatic rings. The molecule has 0 radical (unpaired) electrons. The Labute approximate surface area is 85.7 Å². The van der Waals surface area contributed by atoms with E-state index in [1.165, 1.54) is 6.07 Å². The van der Waals surface area contributed by atoms with Crippen molar-refractivity contribution in [3.63, 3.8) is 0 Å². The summed E-state index contributed by atoms with van der Waals surface area (Å²) in [5.41, 5.74) is 0.551. The second kappa shape index (κ2) is 3.76. The van der Waals surface area contributed by atoms with Crippen molar-refractivity contribution in [3.05, 3.63) is 29.0 Å². The first-order valence-electron chi connectivity index (χ1n) is 4.05. The largest absolute Gasteiger partial charge is 0.378 e. The summed E-state index contributed by atoms with van der Waals surface area (Å²) in [6.45, 7) is 0. The fraction of sp³-hybridized carbons (Fsp3) is 0.333. The van der Waals surface area contributed by atoms with Crippen LogP contribution >= 0.6 is 23.4 Å². The van der Waals surface area contributed by atoms with Crippen molar-refractivity contribution in [1.29, 1.82) is 0 Å². The van der Waals surface area contributed by atoms with Crippen LogP contribution in [0.3, 0.4) is 0 Å². The molecule has 1 nitrogen and oxygen atoms in total. The van der Waals surface area contributed by atoms with Gasteiger partial charge in [0, 0.05) is 22.6 Å². The SMILES string of the molecule is Fc1cc(Cl)ccc1NC1CSC1. The molecule has 0 bridgehead atoms. The first-order valence-corrected chi connectivity index (χ1v) is 5.58. The normalized spacial score (nSPS) is 16.8. The Morgan fingerprint density at radius 3 is 2.77 bits per heavy atom. The molecule has 1 heterocycles. The fourth-order valence-corrected chi connectivity index (χ4v) is 1.94. The number of nitrogens with one attached hydrogen (secondary N) is 1. The molecule has 0 saturated carbocycles. The van der Waals surface area contributed by atoms with Crippen LogP contribution < -0.4 is 5.32 Å². The van der Waals surface area contributed by atoms with Gasteiger partial charge in [0.15, 0.2) is 0 Å². The third-order valence-corrected chi connectivity index (χ3v) is 3.44. The predicted octanol–water partition coefficient (Wildman–Crippen LogP) is 3.01. The molecule has 1 saturated heterocycles. The molecular weight excluding hydrogens is 209 g/mol. The lowest BCUT2D eigenvalue weighted by molar-refractivity contribution is 0.628. The van der Waals surface area contributed by atoms with E-state index in [-0.39, 0.29) is 5.82 Å². The molecule has 0 atom stereocenters. The highest BCUT2D eigenvalue weighted by Crippen LogP contribution is 2.25. The molecule has 1 aromatic rings. The van der Waals surface area contributed by atoms with Gasteiger partial charge in [-0.1, -0.05) is 11.6 Å². The topological polar surface area (TPSA) is 12.0 Å². The molecule has 0 aliphatic carbocycles. The van der Waals surface area contributed by atoms with E-state index in [4.69, 9.17) is 11.6 Å². The minimum atomic E-state index is -0.274. The van der Waals surface area contributed by atoms with Gasteiger partial charge in [-0.05, 0) is 18.2 Å². The standard InChI is InChI=1S/C9H9ClFNS/c10-6-1-2-9(8(11)3-6)12-7-4-13-5-7/h1-3,7,12H,4-5H2. The monoisotopic (exact) mass is 217 g/mol. The molecule has 0 amide bonds. The Kier molecular flexibility index (Phi) is 2.65. The number of anilines is 1. The van der Waals surface area contributed by atoms with Crippen LogP contribution in [0.4, 0.5) is 10.1 Å². The highest BCUT2D eigenvalue weighted by molar-refractivity contribution is 8.00. The number of hydrogen-bond acceptors (Lipinski definition) is 2. The van der Waals surface area contributed by atoms with E-state index in [0.29, 0.717) is 16.8 Å². The summed E-state index contributed by atoms with van der Waals surface area (Å²) < 4.78 is 13.2. The van der Waals surface area contributed by atoms with Crippen molar-refractivity contribution < 1.29 is 4.39 Å². The van der Waals surface area contributed by atoms with E-state index in [1.54, 1.807) is 12.1 Å². The molecule has 0 unspecified atom stereocenters. The van der Waals surface area contributed by atoms with Gasteiger partial charge in [-0.25, -0.2) is 4.39 Å². The van der Waals surface area contributed by atoms with Crippen molar-refractivity contribution in [3.8, 4) is 0 Å². The fourth-order valence-electron chi connectivity index (χ4n) is 1.15. The molecule has 4 heteroatoms. The van der Waals surface area contributed by atoms with E-state index in [9.17, 15) is 4.39 Å². The van der Waals surface area contributed by atoms with Crippen LogP contribution in [0.1, 0.15) is 0 Å². The lowest BCUT2D eigenvalue weighted by atomic mass is 10.2.